The normalized spacial score (nSPS) is 18.7. The molecule has 118 valence electrons. The van der Waals surface area contributed by atoms with Crippen LogP contribution < -0.4 is 0 Å². The van der Waals surface area contributed by atoms with Gasteiger partial charge in [-0.1, -0.05) is 18.2 Å². The van der Waals surface area contributed by atoms with Crippen molar-refractivity contribution in [1.82, 2.24) is 0 Å². The molecule has 0 radical (unpaired) electrons. The molecule has 9 heteroatoms. The van der Waals surface area contributed by atoms with Crippen LogP contribution in [0.2, 0.25) is 0 Å². The summed E-state index contributed by atoms with van der Waals surface area (Å²) in [6.45, 7) is 13.5. The standard InChI is InChI=1S/C9H11F3O2.3CO.Fe/c1-13-7-5-3-4-6(8(7)14-2)9(10,11)12;3*1-2;/h3-5,7-8H,1-2H3;;;;/t7-,8+;;;;/m1..../s1. The molecular weight excluding hydrogens is 337 g/mol. The van der Waals surface area contributed by atoms with E-state index in [4.69, 9.17) is 23.4 Å². The quantitative estimate of drug-likeness (QED) is 0.435. The van der Waals surface area contributed by atoms with Crippen molar-refractivity contribution >= 4 is 0 Å². The van der Waals surface area contributed by atoms with Gasteiger partial charge in [-0.2, -0.15) is 13.2 Å². The molecule has 0 saturated heterocycles. The Kier molecular flexibility index (Phi) is 22.8. The van der Waals surface area contributed by atoms with Gasteiger partial charge in [-0.3, -0.25) is 0 Å². The number of halogens is 3. The monoisotopic (exact) mass is 348 g/mol. The molecule has 21 heavy (non-hydrogen) atoms. The largest absolute Gasteiger partial charge is 0 e. The molecule has 5 nitrogen and oxygen atoms in total. The van der Waals surface area contributed by atoms with Crippen LogP contribution in [0.15, 0.2) is 23.8 Å². The molecule has 0 aliphatic heterocycles. The van der Waals surface area contributed by atoms with E-state index in [0.717, 1.165) is 6.08 Å². The first-order valence-corrected chi connectivity index (χ1v) is 4.63. The van der Waals surface area contributed by atoms with E-state index in [9.17, 15) is 13.2 Å². The van der Waals surface area contributed by atoms with Gasteiger partial charge in [-0.15, -0.1) is 0 Å². The van der Waals surface area contributed by atoms with Crippen molar-refractivity contribution in [3.05, 3.63) is 43.8 Å². The average molecular weight is 348 g/mol. The summed E-state index contributed by atoms with van der Waals surface area (Å²) in [7, 11) is 2.58. The fourth-order valence-electron chi connectivity index (χ4n) is 1.36. The van der Waals surface area contributed by atoms with Gasteiger partial charge in [-0.25, -0.2) is 0 Å². The number of ether oxygens (including phenoxy) is 2. The molecule has 0 bridgehead atoms. The summed E-state index contributed by atoms with van der Waals surface area (Å²) in [6, 6.07) is 0. The molecule has 0 unspecified atom stereocenters. The predicted molar refractivity (Wildman–Crippen MR) is 56.7 cm³/mol. The van der Waals surface area contributed by atoms with Crippen molar-refractivity contribution in [1.29, 1.82) is 0 Å². The van der Waals surface area contributed by atoms with Crippen LogP contribution in [-0.2, 0) is 40.5 Å². The first kappa shape index (κ1) is 28.1. The van der Waals surface area contributed by atoms with Crippen LogP contribution in [0.4, 0.5) is 13.2 Å². The van der Waals surface area contributed by atoms with E-state index in [2.05, 4.69) is 20.0 Å². The summed E-state index contributed by atoms with van der Waals surface area (Å²) in [5, 5.41) is 0. The Hall–Kier alpha value is -1.07. The molecular formula is C12H11F3FeO5. The molecule has 0 heterocycles. The zero-order chi connectivity index (χ0) is 16.8. The van der Waals surface area contributed by atoms with Crippen LogP contribution in [0, 0.1) is 20.0 Å². The fraction of sp³-hybridized carbons (Fsp3) is 0.417. The van der Waals surface area contributed by atoms with Crippen molar-refractivity contribution in [2.24, 2.45) is 0 Å². The summed E-state index contributed by atoms with van der Waals surface area (Å²) < 4.78 is 69.5. The molecule has 0 fully saturated rings. The number of alkyl halides is 3. The van der Waals surface area contributed by atoms with Gasteiger partial charge in [0.25, 0.3) is 0 Å². The molecule has 0 aromatic heterocycles. The first-order chi connectivity index (χ1) is 9.50. The summed E-state index contributed by atoms with van der Waals surface area (Å²) in [6.07, 6.45) is -2.27. The van der Waals surface area contributed by atoms with Crippen LogP contribution >= 0.6 is 0 Å². The van der Waals surface area contributed by atoms with Gasteiger partial charge in [0.15, 0.2) is 0 Å². The summed E-state index contributed by atoms with van der Waals surface area (Å²) in [5.74, 6) is 0. The Morgan fingerprint density at radius 2 is 1.43 bits per heavy atom. The second-order valence-electron chi connectivity index (χ2n) is 2.86. The predicted octanol–water partition coefficient (Wildman–Crippen LogP) is 1.96. The number of hydrogen-bond acceptors (Lipinski definition) is 2. The maximum atomic E-state index is 12.5. The number of rotatable bonds is 2. The third-order valence-electron chi connectivity index (χ3n) is 2.03. The van der Waals surface area contributed by atoms with Gasteiger partial charge in [0.1, 0.15) is 12.2 Å². The SMILES string of the molecule is CO[C@@H]1C=CC=C(C(F)(F)F)[C@@H]1OC.[C-]#[O+].[C-]#[O+].[C-]#[O+].[Fe]. The fourth-order valence-corrected chi connectivity index (χ4v) is 1.36. The first-order valence-electron chi connectivity index (χ1n) is 4.63. The Morgan fingerprint density at radius 3 is 1.71 bits per heavy atom. The summed E-state index contributed by atoms with van der Waals surface area (Å²) >= 11 is 0. The summed E-state index contributed by atoms with van der Waals surface area (Å²) in [5.41, 5.74) is -0.714. The van der Waals surface area contributed by atoms with Gasteiger partial charge >= 0.3 is 40.1 Å². The Labute approximate surface area is 130 Å². The molecule has 1 aliphatic carbocycles. The van der Waals surface area contributed by atoms with Gasteiger partial charge in [-0.05, 0) is 0 Å². The van der Waals surface area contributed by atoms with E-state index in [1.54, 1.807) is 0 Å². The molecule has 1 rings (SSSR count). The van der Waals surface area contributed by atoms with Crippen LogP contribution in [-0.4, -0.2) is 32.6 Å². The van der Waals surface area contributed by atoms with Gasteiger partial charge in [0.2, 0.25) is 0 Å². The smallest absolute Gasteiger partial charge is 0 e. The third kappa shape index (κ3) is 10.3. The molecule has 0 spiro atoms. The molecule has 0 saturated carbocycles. The average Bonchev–Trinajstić information content (AvgIpc) is 2.51. The topological polar surface area (TPSA) is 78.2 Å². The van der Waals surface area contributed by atoms with Gasteiger partial charge < -0.3 is 9.47 Å². The van der Waals surface area contributed by atoms with E-state index in [1.807, 2.05) is 0 Å². The van der Waals surface area contributed by atoms with Gasteiger partial charge in [0.05, 0.1) is 5.57 Å². The van der Waals surface area contributed by atoms with Crippen LogP contribution in [0.1, 0.15) is 0 Å². The second-order valence-corrected chi connectivity index (χ2v) is 2.86. The van der Waals surface area contributed by atoms with Crippen LogP contribution in [0.25, 0.3) is 0 Å². The Bertz CT molecular complexity index is 357. The van der Waals surface area contributed by atoms with E-state index < -0.39 is 24.0 Å². The maximum absolute atomic E-state index is 12.5. The van der Waals surface area contributed by atoms with E-state index in [1.165, 1.54) is 26.4 Å². The van der Waals surface area contributed by atoms with Gasteiger partial charge in [0, 0.05) is 31.3 Å². The third-order valence-corrected chi connectivity index (χ3v) is 2.03. The number of hydrogen-bond donors (Lipinski definition) is 0. The Balaban J connectivity index is -0.000000183. The molecule has 1 aliphatic rings. The molecule has 0 N–H and O–H groups in total. The second kappa shape index (κ2) is 17.0. The molecule has 2 atom stereocenters. The van der Waals surface area contributed by atoms with Crippen LogP contribution in [0.3, 0.4) is 0 Å². The Morgan fingerprint density at radius 1 is 1.00 bits per heavy atom. The van der Waals surface area contributed by atoms with Crippen molar-refractivity contribution in [2.75, 3.05) is 14.2 Å². The van der Waals surface area contributed by atoms with E-state index in [-0.39, 0.29) is 17.1 Å². The minimum Gasteiger partial charge on any atom is 0 e. The van der Waals surface area contributed by atoms with Crippen molar-refractivity contribution in [3.8, 4) is 0 Å². The number of methoxy groups -OCH3 is 2. The van der Waals surface area contributed by atoms with E-state index in [0.29, 0.717) is 0 Å². The van der Waals surface area contributed by atoms with Crippen molar-refractivity contribution in [3.63, 3.8) is 0 Å². The zero-order valence-corrected chi connectivity index (χ0v) is 12.0. The number of allylic oxidation sites excluding steroid dienone is 2. The van der Waals surface area contributed by atoms with Crippen LogP contribution in [0.5, 0.6) is 0 Å². The summed E-state index contributed by atoms with van der Waals surface area (Å²) in [4.78, 5) is 0. The molecule has 0 aromatic carbocycles. The van der Waals surface area contributed by atoms with Crippen molar-refractivity contribution in [2.45, 2.75) is 18.4 Å². The minimum absolute atomic E-state index is 0. The molecule has 0 aromatic rings. The minimum atomic E-state index is -4.37. The van der Waals surface area contributed by atoms with Crippen molar-refractivity contribution < 1.29 is 53.7 Å². The van der Waals surface area contributed by atoms with E-state index >= 15 is 0 Å². The maximum Gasteiger partial charge on any atom is 0 e. The zero-order valence-electron chi connectivity index (χ0n) is 10.9. The molecule has 0 amide bonds.